The second-order valence-electron chi connectivity index (χ2n) is 5.42. The van der Waals surface area contributed by atoms with Crippen LogP contribution < -0.4 is 14.4 Å². The zero-order chi connectivity index (χ0) is 17.9. The number of carbonyl (C=O) groups excluding carboxylic acids is 1. The van der Waals surface area contributed by atoms with Gasteiger partial charge < -0.3 is 14.4 Å². The van der Waals surface area contributed by atoms with Crippen LogP contribution in [0.2, 0.25) is 0 Å². The molecule has 0 spiro atoms. The van der Waals surface area contributed by atoms with E-state index in [9.17, 15) is 13.2 Å². The molecule has 1 fully saturated rings. The number of hydrogen-bond donors (Lipinski definition) is 1. The predicted octanol–water partition coefficient (Wildman–Crippen LogP) is 1.47. The summed E-state index contributed by atoms with van der Waals surface area (Å²) in [6, 6.07) is 10.4. The Balaban J connectivity index is 1.67. The Kier molecular flexibility index (Phi) is 5.38. The number of sulfonamides is 1. The maximum Gasteiger partial charge on any atom is 0.253 e. The molecule has 0 aliphatic carbocycles. The van der Waals surface area contributed by atoms with Crippen molar-refractivity contribution in [2.45, 2.75) is 10.3 Å². The topological polar surface area (TPSA) is 84.9 Å². The Bertz CT molecular complexity index is 836. The van der Waals surface area contributed by atoms with Gasteiger partial charge in [0, 0.05) is 18.3 Å². The summed E-state index contributed by atoms with van der Waals surface area (Å²) in [4.78, 5) is 13.7. The summed E-state index contributed by atoms with van der Waals surface area (Å²) in [5.74, 6) is 0.470. The van der Waals surface area contributed by atoms with Crippen LogP contribution in [0.1, 0.15) is 0 Å². The molecule has 3 rings (SSSR count). The molecule has 0 saturated carbocycles. The van der Waals surface area contributed by atoms with Gasteiger partial charge >= 0.3 is 0 Å². The van der Waals surface area contributed by atoms with Crippen molar-refractivity contribution in [2.24, 2.45) is 0 Å². The van der Waals surface area contributed by atoms with E-state index in [4.69, 9.17) is 9.47 Å². The maximum absolute atomic E-state index is 12.2. The minimum atomic E-state index is -3.56. The van der Waals surface area contributed by atoms with E-state index in [1.807, 2.05) is 0 Å². The van der Waals surface area contributed by atoms with Crippen LogP contribution in [0.3, 0.4) is 0 Å². The number of hydrogen-bond acceptors (Lipinski definition) is 6. The number of amides is 1. The lowest BCUT2D eigenvalue weighted by atomic mass is 10.2. The van der Waals surface area contributed by atoms with Gasteiger partial charge in [-0.25, -0.2) is 13.1 Å². The van der Waals surface area contributed by atoms with Crippen LogP contribution >= 0.6 is 11.3 Å². The number of ether oxygens (including phenoxy) is 2. The number of nitrogens with one attached hydrogen (secondary N) is 1. The molecule has 1 aliphatic rings. The molecule has 0 radical (unpaired) electrons. The molecular weight excluding hydrogens is 364 g/mol. The molecule has 1 atom stereocenters. The minimum Gasteiger partial charge on any atom is -0.497 e. The molecule has 2 heterocycles. The predicted molar refractivity (Wildman–Crippen MR) is 94.6 cm³/mol. The first-order valence-corrected chi connectivity index (χ1v) is 9.95. The first kappa shape index (κ1) is 17.9. The monoisotopic (exact) mass is 382 g/mol. The molecule has 1 unspecified atom stereocenters. The van der Waals surface area contributed by atoms with Gasteiger partial charge in [0.2, 0.25) is 10.0 Å². The van der Waals surface area contributed by atoms with Crippen molar-refractivity contribution >= 4 is 33.0 Å². The summed E-state index contributed by atoms with van der Waals surface area (Å²) in [6.07, 6.45) is -0.432. The molecule has 7 nitrogen and oxygen atoms in total. The van der Waals surface area contributed by atoms with E-state index >= 15 is 0 Å². The molecule has 2 aromatic rings. The Labute approximate surface area is 150 Å². The number of anilines is 1. The van der Waals surface area contributed by atoms with Crippen LogP contribution in [-0.4, -0.2) is 47.2 Å². The Hall–Kier alpha value is -1.94. The first-order valence-electron chi connectivity index (χ1n) is 7.59. The highest BCUT2D eigenvalue weighted by Crippen LogP contribution is 2.23. The Morgan fingerprint density at radius 1 is 1.36 bits per heavy atom. The van der Waals surface area contributed by atoms with Crippen LogP contribution in [0.5, 0.6) is 5.75 Å². The SMILES string of the molecule is COc1cccc(N2CC(CNS(=O)(=O)c3cccs3)OCC2=O)c1. The van der Waals surface area contributed by atoms with Crippen LogP contribution in [0.15, 0.2) is 46.0 Å². The second kappa shape index (κ2) is 7.52. The van der Waals surface area contributed by atoms with Gasteiger partial charge in [0.1, 0.15) is 16.6 Å². The van der Waals surface area contributed by atoms with E-state index in [-0.39, 0.29) is 29.8 Å². The molecule has 25 heavy (non-hydrogen) atoms. The highest BCUT2D eigenvalue weighted by Gasteiger charge is 2.29. The fraction of sp³-hybridized carbons (Fsp3) is 0.312. The van der Waals surface area contributed by atoms with Gasteiger partial charge in [-0.15, -0.1) is 11.3 Å². The van der Waals surface area contributed by atoms with Gasteiger partial charge in [0.05, 0.1) is 19.8 Å². The van der Waals surface area contributed by atoms with E-state index in [0.29, 0.717) is 11.4 Å². The third-order valence-corrected chi connectivity index (χ3v) is 6.58. The van der Waals surface area contributed by atoms with Gasteiger partial charge in [-0.3, -0.25) is 4.79 Å². The average molecular weight is 382 g/mol. The van der Waals surface area contributed by atoms with Gasteiger partial charge in [-0.2, -0.15) is 0 Å². The summed E-state index contributed by atoms with van der Waals surface area (Å²) in [5, 5.41) is 1.70. The number of morpholine rings is 1. The molecule has 1 aliphatic heterocycles. The number of methoxy groups -OCH3 is 1. The standard InChI is InChI=1S/C16H18N2O5S2/c1-22-13-5-2-4-12(8-13)18-10-14(23-11-15(18)19)9-17-25(20,21)16-6-3-7-24-16/h2-8,14,17H,9-11H2,1H3. The zero-order valence-corrected chi connectivity index (χ0v) is 15.2. The van der Waals surface area contributed by atoms with E-state index in [2.05, 4.69) is 4.72 Å². The lowest BCUT2D eigenvalue weighted by molar-refractivity contribution is -0.129. The lowest BCUT2D eigenvalue weighted by Crippen LogP contribution is -2.50. The van der Waals surface area contributed by atoms with Gasteiger partial charge in [0.25, 0.3) is 5.91 Å². The molecule has 1 N–H and O–H groups in total. The van der Waals surface area contributed by atoms with Gasteiger partial charge in [-0.05, 0) is 23.6 Å². The zero-order valence-electron chi connectivity index (χ0n) is 13.5. The van der Waals surface area contributed by atoms with E-state index in [1.165, 1.54) is 0 Å². The summed E-state index contributed by atoms with van der Waals surface area (Å²) in [7, 11) is -2.00. The normalized spacial score (nSPS) is 18.4. The Morgan fingerprint density at radius 3 is 2.92 bits per heavy atom. The smallest absolute Gasteiger partial charge is 0.253 e. The maximum atomic E-state index is 12.2. The van der Waals surface area contributed by atoms with E-state index in [1.54, 1.807) is 53.8 Å². The van der Waals surface area contributed by atoms with Gasteiger partial charge in [0.15, 0.2) is 0 Å². The quantitative estimate of drug-likeness (QED) is 0.818. The fourth-order valence-electron chi connectivity index (χ4n) is 2.47. The van der Waals surface area contributed by atoms with Crippen molar-refractivity contribution in [3.63, 3.8) is 0 Å². The third-order valence-electron chi connectivity index (χ3n) is 3.76. The molecule has 1 aromatic heterocycles. The number of nitrogens with zero attached hydrogens (tertiary/aromatic N) is 1. The minimum absolute atomic E-state index is 0.0913. The van der Waals surface area contributed by atoms with Crippen molar-refractivity contribution in [1.82, 2.24) is 4.72 Å². The highest BCUT2D eigenvalue weighted by molar-refractivity contribution is 7.91. The molecule has 134 valence electrons. The van der Waals surface area contributed by atoms with Crippen LogP contribution in [0.25, 0.3) is 0 Å². The van der Waals surface area contributed by atoms with Gasteiger partial charge in [-0.1, -0.05) is 12.1 Å². The summed E-state index contributed by atoms with van der Waals surface area (Å²) < 4.78 is 37.8. The molecule has 9 heteroatoms. The average Bonchev–Trinajstić information content (AvgIpc) is 3.17. The number of rotatable bonds is 6. The van der Waals surface area contributed by atoms with E-state index in [0.717, 1.165) is 11.3 Å². The number of thiophene rings is 1. The summed E-state index contributed by atoms with van der Waals surface area (Å²) in [5.41, 5.74) is 0.693. The fourth-order valence-corrected chi connectivity index (χ4v) is 4.57. The molecule has 0 bridgehead atoms. The summed E-state index contributed by atoms with van der Waals surface area (Å²) >= 11 is 1.15. The second-order valence-corrected chi connectivity index (χ2v) is 8.36. The molecular formula is C16H18N2O5S2. The van der Waals surface area contributed by atoms with Crippen molar-refractivity contribution in [3.8, 4) is 5.75 Å². The number of benzene rings is 1. The largest absolute Gasteiger partial charge is 0.497 e. The third kappa shape index (κ3) is 4.18. The van der Waals surface area contributed by atoms with Crippen LogP contribution in [0.4, 0.5) is 5.69 Å². The Morgan fingerprint density at radius 2 is 2.20 bits per heavy atom. The van der Waals surface area contributed by atoms with Crippen LogP contribution in [0, 0.1) is 0 Å². The molecule has 1 saturated heterocycles. The van der Waals surface area contributed by atoms with Crippen molar-refractivity contribution in [3.05, 3.63) is 41.8 Å². The van der Waals surface area contributed by atoms with Crippen LogP contribution in [-0.2, 0) is 19.6 Å². The first-order chi connectivity index (χ1) is 12.0. The lowest BCUT2D eigenvalue weighted by Gasteiger charge is -2.33. The van der Waals surface area contributed by atoms with Crippen molar-refractivity contribution in [2.75, 3.05) is 31.7 Å². The van der Waals surface area contributed by atoms with Crippen molar-refractivity contribution < 1.29 is 22.7 Å². The van der Waals surface area contributed by atoms with E-state index < -0.39 is 16.1 Å². The number of carbonyl (C=O) groups is 1. The van der Waals surface area contributed by atoms with Crippen molar-refractivity contribution in [1.29, 1.82) is 0 Å². The highest BCUT2D eigenvalue weighted by atomic mass is 32.2. The summed E-state index contributed by atoms with van der Waals surface area (Å²) in [6.45, 7) is 0.259. The molecule has 1 aromatic carbocycles. The molecule has 1 amide bonds.